The van der Waals surface area contributed by atoms with E-state index in [4.69, 9.17) is 11.6 Å². The number of unbranched alkanes of at least 4 members (excludes halogenated alkanes) is 2. The van der Waals surface area contributed by atoms with E-state index in [0.29, 0.717) is 17.3 Å². The lowest BCUT2D eigenvalue weighted by Crippen LogP contribution is -2.43. The van der Waals surface area contributed by atoms with E-state index in [9.17, 15) is 14.4 Å². The summed E-state index contributed by atoms with van der Waals surface area (Å²) in [4.78, 5) is 37.8. The Bertz CT molecular complexity index is 1160. The van der Waals surface area contributed by atoms with Crippen LogP contribution in [0, 0.1) is 0 Å². The highest BCUT2D eigenvalue weighted by atomic mass is 79.9. The summed E-state index contributed by atoms with van der Waals surface area (Å²) in [6.45, 7) is 2.48. The number of hydrogen-bond acceptors (Lipinski definition) is 4. The van der Waals surface area contributed by atoms with Gasteiger partial charge in [-0.15, -0.1) is 0 Å². The van der Waals surface area contributed by atoms with Gasteiger partial charge in [-0.05, 0) is 30.7 Å². The number of hydrazine groups is 1. The molecule has 7 nitrogen and oxygen atoms in total. The van der Waals surface area contributed by atoms with Crippen LogP contribution in [0.1, 0.15) is 47.0 Å². The SMILES string of the molecule is CCCCCn1nc(C(=O)NNC(=O)c2ccc(Br)cc2Cl)c2ccccc2c1=O. The van der Waals surface area contributed by atoms with Crippen molar-refractivity contribution < 1.29 is 9.59 Å². The van der Waals surface area contributed by atoms with Crippen LogP contribution in [0.5, 0.6) is 0 Å². The molecule has 3 rings (SSSR count). The van der Waals surface area contributed by atoms with Crippen molar-refractivity contribution in [2.24, 2.45) is 0 Å². The second-order valence-electron chi connectivity index (χ2n) is 6.66. The smallest absolute Gasteiger partial charge is 0.267 e. The van der Waals surface area contributed by atoms with Crippen molar-refractivity contribution in [2.45, 2.75) is 32.7 Å². The van der Waals surface area contributed by atoms with Crippen molar-refractivity contribution >= 4 is 50.1 Å². The number of rotatable bonds is 6. The molecule has 0 aliphatic carbocycles. The van der Waals surface area contributed by atoms with Gasteiger partial charge in [0.2, 0.25) is 0 Å². The molecule has 3 aromatic rings. The fourth-order valence-electron chi connectivity index (χ4n) is 2.98. The fraction of sp³-hybridized carbons (Fsp3) is 0.238. The van der Waals surface area contributed by atoms with Crippen LogP contribution in [0.3, 0.4) is 0 Å². The Labute approximate surface area is 186 Å². The second-order valence-corrected chi connectivity index (χ2v) is 7.98. The fourth-order valence-corrected chi connectivity index (χ4v) is 3.74. The first-order chi connectivity index (χ1) is 14.4. The van der Waals surface area contributed by atoms with E-state index in [2.05, 4.69) is 38.8 Å². The van der Waals surface area contributed by atoms with Crippen LogP contribution in [-0.4, -0.2) is 21.6 Å². The molecule has 0 radical (unpaired) electrons. The maximum absolute atomic E-state index is 12.8. The molecule has 1 aromatic heterocycles. The van der Waals surface area contributed by atoms with Crippen molar-refractivity contribution in [1.29, 1.82) is 0 Å². The number of benzene rings is 2. The quantitative estimate of drug-likeness (QED) is 0.401. The van der Waals surface area contributed by atoms with Gasteiger partial charge in [0.15, 0.2) is 5.69 Å². The monoisotopic (exact) mass is 490 g/mol. The minimum atomic E-state index is -0.628. The summed E-state index contributed by atoms with van der Waals surface area (Å²) in [5.74, 6) is -1.20. The molecule has 2 N–H and O–H groups in total. The molecule has 2 amide bonds. The first-order valence-electron chi connectivity index (χ1n) is 9.48. The number of halogens is 2. The molecule has 0 bridgehead atoms. The second kappa shape index (κ2) is 9.86. The third-order valence-corrected chi connectivity index (χ3v) is 5.33. The lowest BCUT2D eigenvalue weighted by Gasteiger charge is -2.12. The molecule has 0 unspecified atom stereocenters. The van der Waals surface area contributed by atoms with E-state index in [1.165, 1.54) is 10.7 Å². The Morgan fingerprint density at radius 3 is 2.47 bits per heavy atom. The van der Waals surface area contributed by atoms with Crippen LogP contribution in [0.2, 0.25) is 5.02 Å². The van der Waals surface area contributed by atoms with E-state index in [0.717, 1.165) is 23.7 Å². The maximum Gasteiger partial charge on any atom is 0.290 e. The summed E-state index contributed by atoms with van der Waals surface area (Å²) >= 11 is 9.35. The van der Waals surface area contributed by atoms with Gasteiger partial charge in [-0.2, -0.15) is 5.10 Å². The molecule has 0 aliphatic heterocycles. The number of nitrogens with one attached hydrogen (secondary N) is 2. The normalized spacial score (nSPS) is 10.8. The zero-order valence-corrected chi connectivity index (χ0v) is 18.6. The number of hydrogen-bond donors (Lipinski definition) is 2. The third kappa shape index (κ3) is 4.88. The molecule has 0 aliphatic rings. The average Bonchev–Trinajstić information content (AvgIpc) is 2.73. The van der Waals surface area contributed by atoms with Gasteiger partial charge in [-0.1, -0.05) is 65.5 Å². The van der Waals surface area contributed by atoms with Crippen LogP contribution in [0.25, 0.3) is 10.8 Å². The first-order valence-corrected chi connectivity index (χ1v) is 10.6. The molecule has 30 heavy (non-hydrogen) atoms. The summed E-state index contributed by atoms with van der Waals surface area (Å²) in [5, 5.41) is 5.32. The van der Waals surface area contributed by atoms with E-state index >= 15 is 0 Å². The molecule has 0 atom stereocenters. The Balaban J connectivity index is 1.85. The summed E-state index contributed by atoms with van der Waals surface area (Å²) in [6.07, 6.45) is 2.73. The highest BCUT2D eigenvalue weighted by molar-refractivity contribution is 9.10. The predicted octanol–water partition coefficient (Wildman–Crippen LogP) is 4.08. The van der Waals surface area contributed by atoms with E-state index in [1.807, 2.05) is 0 Å². The van der Waals surface area contributed by atoms with Gasteiger partial charge < -0.3 is 0 Å². The van der Waals surface area contributed by atoms with Crippen LogP contribution in [0.4, 0.5) is 0 Å². The van der Waals surface area contributed by atoms with Gasteiger partial charge in [0, 0.05) is 16.4 Å². The molecule has 0 saturated heterocycles. The van der Waals surface area contributed by atoms with Gasteiger partial charge >= 0.3 is 0 Å². The number of aryl methyl sites for hydroxylation is 1. The summed E-state index contributed by atoms with van der Waals surface area (Å²) in [5.41, 5.74) is 4.72. The molecule has 1 heterocycles. The van der Waals surface area contributed by atoms with Crippen molar-refractivity contribution in [2.75, 3.05) is 0 Å². The predicted molar refractivity (Wildman–Crippen MR) is 120 cm³/mol. The van der Waals surface area contributed by atoms with E-state index in [1.54, 1.807) is 36.4 Å². The molecular weight excluding hydrogens is 472 g/mol. The summed E-state index contributed by atoms with van der Waals surface area (Å²) in [6, 6.07) is 11.6. The summed E-state index contributed by atoms with van der Waals surface area (Å²) in [7, 11) is 0. The zero-order chi connectivity index (χ0) is 21.7. The molecule has 0 saturated carbocycles. The lowest BCUT2D eigenvalue weighted by molar-refractivity contribution is 0.0843. The van der Waals surface area contributed by atoms with Gasteiger partial charge in [0.1, 0.15) is 0 Å². The van der Waals surface area contributed by atoms with Crippen LogP contribution >= 0.6 is 27.5 Å². The highest BCUT2D eigenvalue weighted by Gasteiger charge is 2.18. The van der Waals surface area contributed by atoms with Crippen LogP contribution < -0.4 is 16.4 Å². The van der Waals surface area contributed by atoms with E-state index in [-0.39, 0.29) is 21.8 Å². The van der Waals surface area contributed by atoms with Crippen LogP contribution in [-0.2, 0) is 6.54 Å². The largest absolute Gasteiger partial charge is 0.290 e. The number of nitrogens with zero attached hydrogens (tertiary/aromatic N) is 2. The highest BCUT2D eigenvalue weighted by Crippen LogP contribution is 2.21. The number of carbonyl (C=O) groups excluding carboxylic acids is 2. The number of amides is 2. The van der Waals surface area contributed by atoms with Gasteiger partial charge in [-0.25, -0.2) is 4.68 Å². The van der Waals surface area contributed by atoms with Crippen LogP contribution in [0.15, 0.2) is 51.7 Å². The Hall–Kier alpha value is -2.71. The number of carbonyl (C=O) groups is 2. The molecule has 156 valence electrons. The lowest BCUT2D eigenvalue weighted by atomic mass is 10.1. The van der Waals surface area contributed by atoms with Crippen molar-refractivity contribution in [3.8, 4) is 0 Å². The average molecular weight is 492 g/mol. The standard InChI is InChI=1S/C21H20BrClN4O3/c1-2-3-6-11-27-21(30)15-8-5-4-7-14(15)18(26-27)20(29)25-24-19(28)16-10-9-13(22)12-17(16)23/h4-5,7-10,12H,2-3,6,11H2,1H3,(H,24,28)(H,25,29). The molecule has 9 heteroatoms. The molecular formula is C21H20BrClN4O3. The van der Waals surface area contributed by atoms with Gasteiger partial charge in [0.05, 0.1) is 16.0 Å². The van der Waals surface area contributed by atoms with Crippen molar-refractivity contribution in [3.05, 3.63) is 73.6 Å². The number of aromatic nitrogens is 2. The third-order valence-electron chi connectivity index (χ3n) is 4.52. The Kier molecular flexibility index (Phi) is 7.23. The van der Waals surface area contributed by atoms with Gasteiger partial charge in [0.25, 0.3) is 17.4 Å². The Morgan fingerprint density at radius 2 is 1.77 bits per heavy atom. The molecule has 0 spiro atoms. The van der Waals surface area contributed by atoms with Crippen molar-refractivity contribution in [3.63, 3.8) is 0 Å². The minimum absolute atomic E-state index is 0.0592. The first kappa shape index (κ1) is 22.0. The minimum Gasteiger partial charge on any atom is -0.267 e. The maximum atomic E-state index is 12.8. The van der Waals surface area contributed by atoms with Crippen molar-refractivity contribution in [1.82, 2.24) is 20.6 Å². The molecule has 2 aromatic carbocycles. The topological polar surface area (TPSA) is 93.1 Å². The Morgan fingerprint density at radius 1 is 1.07 bits per heavy atom. The zero-order valence-electron chi connectivity index (χ0n) is 16.2. The van der Waals surface area contributed by atoms with E-state index < -0.39 is 11.8 Å². The number of fused-ring (bicyclic) bond motifs is 1. The summed E-state index contributed by atoms with van der Waals surface area (Å²) < 4.78 is 2.04. The molecule has 0 fully saturated rings. The van der Waals surface area contributed by atoms with Gasteiger partial charge in [-0.3, -0.25) is 25.2 Å².